The van der Waals surface area contributed by atoms with Crippen molar-refractivity contribution in [3.05, 3.63) is 27.0 Å². The van der Waals surface area contributed by atoms with E-state index >= 15 is 0 Å². The molecule has 0 spiro atoms. The summed E-state index contributed by atoms with van der Waals surface area (Å²) in [5.41, 5.74) is 0. The summed E-state index contributed by atoms with van der Waals surface area (Å²) in [6.07, 6.45) is 0. The molecule has 4 nitrogen and oxygen atoms in total. The summed E-state index contributed by atoms with van der Waals surface area (Å²) in [5, 5.41) is 5.81. The number of nitrogens with zero attached hydrogens (tertiary/aromatic N) is 1. The van der Waals surface area contributed by atoms with E-state index in [2.05, 4.69) is 10.2 Å². The first kappa shape index (κ1) is 7.57. The van der Waals surface area contributed by atoms with Crippen LogP contribution < -0.4 is 5.76 Å². The van der Waals surface area contributed by atoms with Crippen LogP contribution in [0.3, 0.4) is 0 Å². The largest absolute Gasteiger partial charge is 0.434 e. The summed E-state index contributed by atoms with van der Waals surface area (Å²) in [5.74, 6) is -0.286. The van der Waals surface area contributed by atoms with Crippen LogP contribution in [-0.2, 0) is 0 Å². The normalized spacial score (nSPS) is 10.4. The first-order valence-electron chi connectivity index (χ1n) is 3.07. The maximum absolute atomic E-state index is 10.6. The standard InChI is InChI=1S/C6H3ClN2O2S/c7-4-2-1-3(12-4)5-8-9-6(10)11-5/h1-2H,(H,9,10). The minimum absolute atomic E-state index is 0.275. The van der Waals surface area contributed by atoms with E-state index in [1.54, 1.807) is 12.1 Å². The van der Waals surface area contributed by atoms with Gasteiger partial charge in [0.05, 0.1) is 9.21 Å². The number of aromatic nitrogens is 2. The van der Waals surface area contributed by atoms with E-state index in [0.29, 0.717) is 4.34 Å². The van der Waals surface area contributed by atoms with Crippen LogP contribution >= 0.6 is 22.9 Å². The molecule has 0 fully saturated rings. The highest BCUT2D eigenvalue weighted by Gasteiger charge is 2.06. The Kier molecular flexibility index (Phi) is 1.74. The number of hydrogen-bond donors (Lipinski definition) is 1. The predicted octanol–water partition coefficient (Wildman–Crippen LogP) is 1.74. The van der Waals surface area contributed by atoms with Gasteiger partial charge in [0.15, 0.2) is 0 Å². The first-order valence-corrected chi connectivity index (χ1v) is 4.26. The molecule has 0 radical (unpaired) electrons. The molecule has 2 heterocycles. The van der Waals surface area contributed by atoms with Crippen molar-refractivity contribution in [2.75, 3.05) is 0 Å². The zero-order valence-electron chi connectivity index (χ0n) is 5.70. The number of rotatable bonds is 1. The third-order valence-electron chi connectivity index (χ3n) is 1.22. The molecule has 0 saturated carbocycles. The smallest absolute Gasteiger partial charge is 0.387 e. The van der Waals surface area contributed by atoms with Gasteiger partial charge in [-0.05, 0) is 12.1 Å². The highest BCUT2D eigenvalue weighted by atomic mass is 35.5. The number of H-pyrrole nitrogens is 1. The topological polar surface area (TPSA) is 58.9 Å². The van der Waals surface area contributed by atoms with Crippen molar-refractivity contribution in [3.63, 3.8) is 0 Å². The van der Waals surface area contributed by atoms with E-state index in [1.807, 2.05) is 0 Å². The van der Waals surface area contributed by atoms with Crippen molar-refractivity contribution in [1.29, 1.82) is 0 Å². The van der Waals surface area contributed by atoms with Crippen molar-refractivity contribution in [2.45, 2.75) is 0 Å². The molecule has 12 heavy (non-hydrogen) atoms. The highest BCUT2D eigenvalue weighted by molar-refractivity contribution is 7.19. The molecule has 0 bridgehead atoms. The number of hydrogen-bond acceptors (Lipinski definition) is 4. The van der Waals surface area contributed by atoms with E-state index in [4.69, 9.17) is 16.0 Å². The SMILES string of the molecule is O=c1[nH]nc(-c2ccc(Cl)s2)o1. The molecule has 6 heteroatoms. The molecule has 0 aliphatic heterocycles. The summed E-state index contributed by atoms with van der Waals surface area (Å²) >= 11 is 6.98. The van der Waals surface area contributed by atoms with Crippen LogP contribution in [0.4, 0.5) is 0 Å². The number of halogens is 1. The fourth-order valence-corrected chi connectivity index (χ4v) is 1.73. The summed E-state index contributed by atoms with van der Waals surface area (Å²) in [7, 11) is 0. The third-order valence-corrected chi connectivity index (χ3v) is 2.44. The molecule has 2 rings (SSSR count). The average molecular weight is 203 g/mol. The van der Waals surface area contributed by atoms with Gasteiger partial charge >= 0.3 is 5.76 Å². The molecule has 0 aliphatic carbocycles. The van der Waals surface area contributed by atoms with Crippen molar-refractivity contribution < 1.29 is 4.42 Å². The van der Waals surface area contributed by atoms with Gasteiger partial charge in [-0.1, -0.05) is 11.6 Å². The van der Waals surface area contributed by atoms with Crippen LogP contribution in [0.25, 0.3) is 10.8 Å². The quantitative estimate of drug-likeness (QED) is 0.767. The molecular formula is C6H3ClN2O2S. The van der Waals surface area contributed by atoms with Crippen molar-refractivity contribution in [3.8, 4) is 10.8 Å². The predicted molar refractivity (Wildman–Crippen MR) is 45.4 cm³/mol. The third kappa shape index (κ3) is 1.28. The monoisotopic (exact) mass is 202 g/mol. The number of thiophene rings is 1. The molecule has 62 valence electrons. The lowest BCUT2D eigenvalue weighted by atomic mass is 10.5. The van der Waals surface area contributed by atoms with Gasteiger partial charge in [0.1, 0.15) is 0 Å². The second-order valence-corrected chi connectivity index (χ2v) is 3.74. The van der Waals surface area contributed by atoms with Crippen molar-refractivity contribution >= 4 is 22.9 Å². The summed E-state index contributed by atoms with van der Waals surface area (Å²) < 4.78 is 5.35. The van der Waals surface area contributed by atoms with Gasteiger partial charge in [-0.3, -0.25) is 0 Å². The van der Waals surface area contributed by atoms with Gasteiger partial charge in [0.25, 0.3) is 5.89 Å². The summed E-state index contributed by atoms with van der Waals surface area (Å²) in [6.45, 7) is 0. The molecule has 0 atom stereocenters. The Labute approximate surface area is 75.8 Å². The van der Waals surface area contributed by atoms with Crippen molar-refractivity contribution in [2.24, 2.45) is 0 Å². The molecule has 0 aromatic carbocycles. The Morgan fingerprint density at radius 3 is 2.92 bits per heavy atom. The molecule has 0 aliphatic rings. The highest BCUT2D eigenvalue weighted by Crippen LogP contribution is 2.28. The second kappa shape index (κ2) is 2.76. The van der Waals surface area contributed by atoms with Crippen LogP contribution in [0.5, 0.6) is 0 Å². The fraction of sp³-hybridized carbons (Fsp3) is 0. The fourth-order valence-electron chi connectivity index (χ4n) is 0.764. The molecule has 1 N–H and O–H groups in total. The number of nitrogens with one attached hydrogen (secondary N) is 1. The Morgan fingerprint density at radius 2 is 2.42 bits per heavy atom. The molecule has 2 aromatic rings. The van der Waals surface area contributed by atoms with Gasteiger partial charge in [0, 0.05) is 0 Å². The van der Waals surface area contributed by atoms with Gasteiger partial charge in [-0.2, -0.15) is 0 Å². The molecule has 0 unspecified atom stereocenters. The molecule has 0 saturated heterocycles. The second-order valence-electron chi connectivity index (χ2n) is 2.02. The van der Waals surface area contributed by atoms with Gasteiger partial charge in [0.2, 0.25) is 0 Å². The molecular weight excluding hydrogens is 200 g/mol. The van der Waals surface area contributed by atoms with Crippen LogP contribution in [0.1, 0.15) is 0 Å². The summed E-state index contributed by atoms with van der Waals surface area (Å²) in [6, 6.07) is 3.46. The number of aromatic amines is 1. The van der Waals surface area contributed by atoms with Crippen molar-refractivity contribution in [1.82, 2.24) is 10.2 Å². The van der Waals surface area contributed by atoms with E-state index in [1.165, 1.54) is 11.3 Å². The van der Waals surface area contributed by atoms with E-state index < -0.39 is 5.76 Å². The Bertz CT molecular complexity index is 444. The van der Waals surface area contributed by atoms with Gasteiger partial charge in [-0.25, -0.2) is 9.89 Å². The Morgan fingerprint density at radius 1 is 1.58 bits per heavy atom. The lowest BCUT2D eigenvalue weighted by Gasteiger charge is -1.81. The average Bonchev–Trinajstić information content (AvgIpc) is 2.58. The zero-order chi connectivity index (χ0) is 8.55. The van der Waals surface area contributed by atoms with Crippen LogP contribution in [0, 0.1) is 0 Å². The maximum atomic E-state index is 10.6. The van der Waals surface area contributed by atoms with Gasteiger partial charge < -0.3 is 4.42 Å². The van der Waals surface area contributed by atoms with Crippen LogP contribution in [0.15, 0.2) is 21.3 Å². The van der Waals surface area contributed by atoms with Gasteiger partial charge in [-0.15, -0.1) is 16.4 Å². The minimum Gasteiger partial charge on any atom is -0.387 e. The minimum atomic E-state index is -0.561. The van der Waals surface area contributed by atoms with Crippen LogP contribution in [-0.4, -0.2) is 10.2 Å². The Hall–Kier alpha value is -1.07. The maximum Gasteiger partial charge on any atom is 0.434 e. The van der Waals surface area contributed by atoms with E-state index in [0.717, 1.165) is 4.88 Å². The van der Waals surface area contributed by atoms with E-state index in [9.17, 15) is 4.79 Å². The first-order chi connectivity index (χ1) is 5.75. The van der Waals surface area contributed by atoms with E-state index in [-0.39, 0.29) is 5.89 Å². The Balaban J connectivity index is 2.50. The van der Waals surface area contributed by atoms with Crippen LogP contribution in [0.2, 0.25) is 4.34 Å². The lowest BCUT2D eigenvalue weighted by molar-refractivity contribution is 0.528. The summed E-state index contributed by atoms with van der Waals surface area (Å²) in [4.78, 5) is 11.3. The lowest BCUT2D eigenvalue weighted by Crippen LogP contribution is -1.93. The molecule has 2 aromatic heterocycles. The molecule has 0 amide bonds. The zero-order valence-corrected chi connectivity index (χ0v) is 7.28.